The molecule has 7 heteroatoms. The number of aliphatic hydroxyl groups is 1. The number of hydrogen-bond donors (Lipinski definition) is 3. The molecule has 0 spiro atoms. The van der Waals surface area contributed by atoms with Crippen molar-refractivity contribution in [2.24, 2.45) is 5.41 Å². The van der Waals surface area contributed by atoms with Gasteiger partial charge in [0, 0.05) is 25.1 Å². The second-order valence-electron chi connectivity index (χ2n) is 4.79. The summed E-state index contributed by atoms with van der Waals surface area (Å²) < 4.78 is 0. The highest BCUT2D eigenvalue weighted by Gasteiger charge is 2.26. The Balaban J connectivity index is 2.98. The standard InChI is InChI=1S/C13H22N4O3/c1-4-13(5-2,9-18)8-15-12-10(17(19)20)6-7-11(14-3)16-12/h6-7,18H,4-5,8-9H2,1-3H3,(H2,14,15,16). The van der Waals surface area contributed by atoms with E-state index in [0.717, 1.165) is 12.8 Å². The number of rotatable bonds is 8. The zero-order chi connectivity index (χ0) is 15.2. The highest BCUT2D eigenvalue weighted by atomic mass is 16.6. The fraction of sp³-hybridized carbons (Fsp3) is 0.615. The van der Waals surface area contributed by atoms with Crippen molar-refractivity contribution in [2.75, 3.05) is 30.8 Å². The molecule has 1 aromatic rings. The van der Waals surface area contributed by atoms with Crippen LogP contribution in [0.3, 0.4) is 0 Å². The fourth-order valence-corrected chi connectivity index (χ4v) is 1.92. The molecule has 0 saturated carbocycles. The van der Waals surface area contributed by atoms with E-state index in [1.54, 1.807) is 13.1 Å². The first kappa shape index (κ1) is 16.2. The number of nitro groups is 1. The number of nitrogens with zero attached hydrogens (tertiary/aromatic N) is 2. The molecular formula is C13H22N4O3. The Morgan fingerprint density at radius 3 is 2.50 bits per heavy atom. The minimum Gasteiger partial charge on any atom is -0.396 e. The topological polar surface area (TPSA) is 100 Å². The van der Waals surface area contributed by atoms with Crippen LogP contribution in [0.5, 0.6) is 0 Å². The number of aliphatic hydroxyl groups excluding tert-OH is 1. The van der Waals surface area contributed by atoms with Crippen LogP contribution in [0.2, 0.25) is 0 Å². The molecule has 0 fully saturated rings. The second kappa shape index (κ2) is 7.04. The summed E-state index contributed by atoms with van der Waals surface area (Å²) >= 11 is 0. The SMILES string of the molecule is CCC(CC)(CO)CNc1nc(NC)ccc1[N+](=O)[O-]. The van der Waals surface area contributed by atoms with Gasteiger partial charge in [-0.05, 0) is 18.9 Å². The minimum atomic E-state index is -0.465. The first-order valence-corrected chi connectivity index (χ1v) is 6.69. The van der Waals surface area contributed by atoms with E-state index < -0.39 is 4.92 Å². The Hall–Kier alpha value is -1.89. The molecule has 1 rings (SSSR count). The fourth-order valence-electron chi connectivity index (χ4n) is 1.92. The average Bonchev–Trinajstić information content (AvgIpc) is 2.48. The Kier molecular flexibility index (Phi) is 5.69. The molecule has 0 aliphatic heterocycles. The Morgan fingerprint density at radius 2 is 2.05 bits per heavy atom. The lowest BCUT2D eigenvalue weighted by atomic mass is 9.83. The third kappa shape index (κ3) is 3.57. The highest BCUT2D eigenvalue weighted by Crippen LogP contribution is 2.29. The molecule has 3 N–H and O–H groups in total. The van der Waals surface area contributed by atoms with Gasteiger partial charge in [0.2, 0.25) is 5.82 Å². The van der Waals surface area contributed by atoms with Crippen LogP contribution >= 0.6 is 0 Å². The number of aromatic nitrogens is 1. The van der Waals surface area contributed by atoms with E-state index in [4.69, 9.17) is 0 Å². The van der Waals surface area contributed by atoms with Gasteiger partial charge in [0.25, 0.3) is 0 Å². The van der Waals surface area contributed by atoms with Crippen molar-refractivity contribution < 1.29 is 10.0 Å². The molecule has 0 saturated heterocycles. The van der Waals surface area contributed by atoms with E-state index in [2.05, 4.69) is 15.6 Å². The van der Waals surface area contributed by atoms with E-state index in [9.17, 15) is 15.2 Å². The van der Waals surface area contributed by atoms with Gasteiger partial charge in [-0.15, -0.1) is 0 Å². The van der Waals surface area contributed by atoms with E-state index in [0.29, 0.717) is 12.4 Å². The van der Waals surface area contributed by atoms with Crippen molar-refractivity contribution in [3.63, 3.8) is 0 Å². The molecule has 1 aromatic heterocycles. The van der Waals surface area contributed by atoms with Crippen molar-refractivity contribution in [3.8, 4) is 0 Å². The second-order valence-corrected chi connectivity index (χ2v) is 4.79. The first-order chi connectivity index (χ1) is 9.51. The van der Waals surface area contributed by atoms with Crippen molar-refractivity contribution in [3.05, 3.63) is 22.2 Å². The van der Waals surface area contributed by atoms with Gasteiger partial charge in [-0.3, -0.25) is 10.1 Å². The summed E-state index contributed by atoms with van der Waals surface area (Å²) in [6.45, 7) is 4.46. The van der Waals surface area contributed by atoms with Crippen LogP contribution in [-0.2, 0) is 0 Å². The van der Waals surface area contributed by atoms with Crippen molar-refractivity contribution in [1.82, 2.24) is 4.98 Å². The van der Waals surface area contributed by atoms with Crippen LogP contribution in [0.1, 0.15) is 26.7 Å². The molecule has 20 heavy (non-hydrogen) atoms. The normalized spacial score (nSPS) is 11.2. The van der Waals surface area contributed by atoms with Crippen LogP contribution in [0, 0.1) is 15.5 Å². The molecule has 0 aliphatic carbocycles. The molecule has 1 heterocycles. The summed E-state index contributed by atoms with van der Waals surface area (Å²) in [7, 11) is 1.70. The zero-order valence-electron chi connectivity index (χ0n) is 12.1. The molecular weight excluding hydrogens is 260 g/mol. The number of nitrogens with one attached hydrogen (secondary N) is 2. The lowest BCUT2D eigenvalue weighted by molar-refractivity contribution is -0.384. The maximum atomic E-state index is 11.0. The number of hydrogen-bond acceptors (Lipinski definition) is 6. The van der Waals surface area contributed by atoms with Gasteiger partial charge < -0.3 is 15.7 Å². The van der Waals surface area contributed by atoms with Crippen molar-refractivity contribution in [2.45, 2.75) is 26.7 Å². The molecule has 0 radical (unpaired) electrons. The summed E-state index contributed by atoms with van der Waals surface area (Å²) in [6.07, 6.45) is 1.57. The molecule has 0 atom stereocenters. The third-order valence-electron chi connectivity index (χ3n) is 3.79. The number of pyridine rings is 1. The van der Waals surface area contributed by atoms with Crippen molar-refractivity contribution in [1.29, 1.82) is 0 Å². The summed E-state index contributed by atoms with van der Waals surface area (Å²) in [5.41, 5.74) is -0.353. The molecule has 112 valence electrons. The van der Waals surface area contributed by atoms with Crippen LogP contribution in [0.4, 0.5) is 17.3 Å². The summed E-state index contributed by atoms with van der Waals surface area (Å²) in [4.78, 5) is 14.7. The predicted molar refractivity (Wildman–Crippen MR) is 79.0 cm³/mol. The number of anilines is 2. The minimum absolute atomic E-state index is 0.0342. The summed E-state index contributed by atoms with van der Waals surface area (Å²) in [6, 6.07) is 2.97. The van der Waals surface area contributed by atoms with Crippen LogP contribution in [0.25, 0.3) is 0 Å². The smallest absolute Gasteiger partial charge is 0.311 e. The molecule has 0 amide bonds. The quantitative estimate of drug-likeness (QED) is 0.499. The predicted octanol–water partition coefficient (Wildman–Crippen LogP) is 2.24. The maximum Gasteiger partial charge on any atom is 0.311 e. The van der Waals surface area contributed by atoms with Crippen LogP contribution in [-0.4, -0.2) is 35.2 Å². The maximum absolute atomic E-state index is 11.0. The van der Waals surface area contributed by atoms with E-state index in [1.165, 1.54) is 6.07 Å². The highest BCUT2D eigenvalue weighted by molar-refractivity contribution is 5.60. The Labute approximate surface area is 118 Å². The van der Waals surface area contributed by atoms with Crippen molar-refractivity contribution >= 4 is 17.3 Å². The molecule has 0 aliphatic rings. The van der Waals surface area contributed by atoms with Crippen LogP contribution in [0.15, 0.2) is 12.1 Å². The molecule has 0 bridgehead atoms. The van der Waals surface area contributed by atoms with Gasteiger partial charge in [0.1, 0.15) is 5.82 Å². The van der Waals surface area contributed by atoms with Gasteiger partial charge in [-0.25, -0.2) is 4.98 Å². The van der Waals surface area contributed by atoms with E-state index in [1.807, 2.05) is 13.8 Å². The average molecular weight is 282 g/mol. The Morgan fingerprint density at radius 1 is 1.40 bits per heavy atom. The monoisotopic (exact) mass is 282 g/mol. The molecule has 0 unspecified atom stereocenters. The van der Waals surface area contributed by atoms with Gasteiger partial charge in [0.05, 0.1) is 11.5 Å². The van der Waals surface area contributed by atoms with E-state index in [-0.39, 0.29) is 23.5 Å². The lowest BCUT2D eigenvalue weighted by Crippen LogP contribution is -2.32. The Bertz CT molecular complexity index is 453. The van der Waals surface area contributed by atoms with Gasteiger partial charge in [-0.1, -0.05) is 13.8 Å². The third-order valence-corrected chi connectivity index (χ3v) is 3.79. The van der Waals surface area contributed by atoms with E-state index >= 15 is 0 Å². The van der Waals surface area contributed by atoms with Gasteiger partial charge >= 0.3 is 5.69 Å². The summed E-state index contributed by atoms with van der Waals surface area (Å²) in [5, 5.41) is 26.4. The molecule has 0 aromatic carbocycles. The van der Waals surface area contributed by atoms with Crippen LogP contribution < -0.4 is 10.6 Å². The zero-order valence-corrected chi connectivity index (χ0v) is 12.1. The first-order valence-electron chi connectivity index (χ1n) is 6.69. The largest absolute Gasteiger partial charge is 0.396 e. The van der Waals surface area contributed by atoms with Gasteiger partial charge in [-0.2, -0.15) is 0 Å². The molecule has 7 nitrogen and oxygen atoms in total. The summed E-state index contributed by atoms with van der Waals surface area (Å²) in [5.74, 6) is 0.780. The van der Waals surface area contributed by atoms with Gasteiger partial charge in [0.15, 0.2) is 0 Å². The lowest BCUT2D eigenvalue weighted by Gasteiger charge is -2.29.